The minimum absolute atomic E-state index is 0.0854. The molecule has 5 atom stereocenters. The number of carbonyl (C=O) groups is 3. The number of allylic oxidation sites excluding steroid dienone is 3. The Labute approximate surface area is 149 Å². The smallest absolute Gasteiger partial charge is 0.221 e. The van der Waals surface area contributed by atoms with Gasteiger partial charge in [0, 0.05) is 24.2 Å². The lowest BCUT2D eigenvalue weighted by Crippen LogP contribution is -2.50. The van der Waals surface area contributed by atoms with Crippen LogP contribution in [0, 0.1) is 28.6 Å². The summed E-state index contributed by atoms with van der Waals surface area (Å²) in [5, 5.41) is 2.80. The minimum atomic E-state index is -0.187. The second kappa shape index (κ2) is 5.39. The van der Waals surface area contributed by atoms with Gasteiger partial charge in [-0.3, -0.25) is 14.4 Å². The van der Waals surface area contributed by atoms with Crippen molar-refractivity contribution < 1.29 is 14.4 Å². The van der Waals surface area contributed by atoms with E-state index in [1.165, 1.54) is 6.92 Å². The zero-order valence-electron chi connectivity index (χ0n) is 15.4. The van der Waals surface area contributed by atoms with E-state index in [1.54, 1.807) is 6.08 Å². The van der Waals surface area contributed by atoms with Gasteiger partial charge in [-0.05, 0) is 61.5 Å². The number of ketones is 2. The molecule has 4 rings (SSSR count). The number of Topliss-reactive ketones (excluding diaryl/α,β-unsaturated/α-hetero) is 1. The molecule has 25 heavy (non-hydrogen) atoms. The summed E-state index contributed by atoms with van der Waals surface area (Å²) in [5.41, 5.74) is 1.30. The van der Waals surface area contributed by atoms with E-state index in [2.05, 4.69) is 25.2 Å². The zero-order chi connectivity index (χ0) is 18.0. The van der Waals surface area contributed by atoms with Crippen molar-refractivity contribution in [1.82, 2.24) is 5.32 Å². The van der Waals surface area contributed by atoms with Gasteiger partial charge in [-0.15, -0.1) is 0 Å². The van der Waals surface area contributed by atoms with Crippen molar-refractivity contribution in [2.75, 3.05) is 0 Å². The highest BCUT2D eigenvalue weighted by atomic mass is 16.2. The Balaban J connectivity index is 1.74. The number of nitrogens with one attached hydrogen (secondary N) is 1. The summed E-state index contributed by atoms with van der Waals surface area (Å²) >= 11 is 0. The predicted octanol–water partition coefficient (Wildman–Crippen LogP) is 3.33. The van der Waals surface area contributed by atoms with E-state index in [-0.39, 0.29) is 22.5 Å². The van der Waals surface area contributed by atoms with E-state index < -0.39 is 0 Å². The maximum absolute atomic E-state index is 12.5. The molecule has 134 valence electrons. The Morgan fingerprint density at radius 2 is 1.88 bits per heavy atom. The third kappa shape index (κ3) is 2.22. The number of hydrogen-bond acceptors (Lipinski definition) is 3. The van der Waals surface area contributed by atoms with Crippen LogP contribution >= 0.6 is 0 Å². The summed E-state index contributed by atoms with van der Waals surface area (Å²) in [6, 6.07) is 0. The fraction of sp³-hybridized carbons (Fsp3) is 0.667. The van der Waals surface area contributed by atoms with Gasteiger partial charge in [0.05, 0.1) is 5.70 Å². The van der Waals surface area contributed by atoms with E-state index in [0.29, 0.717) is 29.2 Å². The number of rotatable bonds is 1. The van der Waals surface area contributed by atoms with Gasteiger partial charge in [-0.25, -0.2) is 0 Å². The Bertz CT molecular complexity index is 733. The summed E-state index contributed by atoms with van der Waals surface area (Å²) in [4.78, 5) is 36.4. The number of hydrogen-bond donors (Lipinski definition) is 1. The summed E-state index contributed by atoms with van der Waals surface area (Å²) in [5.74, 6) is 1.65. The molecule has 0 saturated heterocycles. The number of amides is 1. The van der Waals surface area contributed by atoms with Crippen LogP contribution in [0.5, 0.6) is 0 Å². The van der Waals surface area contributed by atoms with Crippen LogP contribution in [-0.2, 0) is 14.4 Å². The van der Waals surface area contributed by atoms with Crippen molar-refractivity contribution in [1.29, 1.82) is 0 Å². The molecule has 0 aromatic rings. The lowest BCUT2D eigenvalue weighted by Gasteiger charge is -2.55. The van der Waals surface area contributed by atoms with Gasteiger partial charge in [-0.1, -0.05) is 19.9 Å². The Hall–Kier alpha value is -1.71. The summed E-state index contributed by atoms with van der Waals surface area (Å²) < 4.78 is 0. The molecule has 0 heterocycles. The second-order valence-corrected chi connectivity index (χ2v) is 8.85. The molecule has 0 aromatic carbocycles. The first-order valence-corrected chi connectivity index (χ1v) is 9.55. The van der Waals surface area contributed by atoms with Crippen LogP contribution in [0.2, 0.25) is 0 Å². The lowest BCUT2D eigenvalue weighted by molar-refractivity contribution is -0.131. The van der Waals surface area contributed by atoms with Crippen molar-refractivity contribution in [2.45, 2.75) is 59.3 Å². The quantitative estimate of drug-likeness (QED) is 0.796. The topological polar surface area (TPSA) is 63.2 Å². The maximum Gasteiger partial charge on any atom is 0.221 e. The van der Waals surface area contributed by atoms with Gasteiger partial charge in [0.1, 0.15) is 5.78 Å². The van der Waals surface area contributed by atoms with Crippen molar-refractivity contribution in [3.63, 3.8) is 0 Å². The average Bonchev–Trinajstić information content (AvgIpc) is 2.86. The molecular formula is C21H27NO3. The molecule has 1 N–H and O–H groups in total. The lowest BCUT2D eigenvalue weighted by atomic mass is 9.48. The molecule has 4 heteroatoms. The van der Waals surface area contributed by atoms with E-state index in [9.17, 15) is 14.4 Å². The first-order valence-electron chi connectivity index (χ1n) is 9.55. The van der Waals surface area contributed by atoms with Crippen molar-refractivity contribution >= 4 is 17.5 Å². The summed E-state index contributed by atoms with van der Waals surface area (Å²) in [6.07, 6.45) is 9.31. The normalized spacial score (nSPS) is 42.8. The largest absolute Gasteiger partial charge is 0.323 e. The first-order chi connectivity index (χ1) is 11.8. The Morgan fingerprint density at radius 1 is 1.12 bits per heavy atom. The van der Waals surface area contributed by atoms with Crippen LogP contribution in [0.3, 0.4) is 0 Å². The van der Waals surface area contributed by atoms with Crippen LogP contribution in [0.1, 0.15) is 59.3 Å². The van der Waals surface area contributed by atoms with Gasteiger partial charge in [0.25, 0.3) is 0 Å². The molecule has 3 fully saturated rings. The summed E-state index contributed by atoms with van der Waals surface area (Å²) in [7, 11) is 0. The monoisotopic (exact) mass is 341 g/mol. The second-order valence-electron chi connectivity index (χ2n) is 8.85. The molecule has 0 aromatic heterocycles. The van der Waals surface area contributed by atoms with Crippen LogP contribution in [0.25, 0.3) is 0 Å². The highest BCUT2D eigenvalue weighted by molar-refractivity contribution is 6.07. The Morgan fingerprint density at radius 3 is 2.60 bits per heavy atom. The highest BCUT2D eigenvalue weighted by Crippen LogP contribution is 2.63. The third-order valence-corrected chi connectivity index (χ3v) is 7.72. The molecule has 3 saturated carbocycles. The third-order valence-electron chi connectivity index (χ3n) is 7.72. The van der Waals surface area contributed by atoms with Crippen molar-refractivity contribution in [3.8, 4) is 0 Å². The molecule has 0 bridgehead atoms. The van der Waals surface area contributed by atoms with Gasteiger partial charge in [0.15, 0.2) is 0 Å². The van der Waals surface area contributed by atoms with Crippen LogP contribution in [0.4, 0.5) is 0 Å². The summed E-state index contributed by atoms with van der Waals surface area (Å²) in [6.45, 7) is 5.86. The fourth-order valence-corrected chi connectivity index (χ4v) is 6.42. The van der Waals surface area contributed by atoms with E-state index in [0.717, 1.165) is 44.1 Å². The van der Waals surface area contributed by atoms with Crippen molar-refractivity contribution in [3.05, 3.63) is 23.4 Å². The van der Waals surface area contributed by atoms with E-state index >= 15 is 0 Å². The fourth-order valence-electron chi connectivity index (χ4n) is 6.42. The van der Waals surface area contributed by atoms with E-state index in [1.807, 2.05) is 0 Å². The van der Waals surface area contributed by atoms with Crippen LogP contribution < -0.4 is 5.32 Å². The molecule has 1 amide bonds. The van der Waals surface area contributed by atoms with E-state index in [4.69, 9.17) is 0 Å². The minimum Gasteiger partial charge on any atom is -0.323 e. The SMILES string of the molecule is CC(=O)NC1=C2CC[C@@H]3[C@H](CC[C@]4(C)C(=O)CC[C@@H]34)[C@@]2(C)C=CC1=O. The van der Waals surface area contributed by atoms with Gasteiger partial charge < -0.3 is 5.32 Å². The Kier molecular flexibility index (Phi) is 3.61. The van der Waals surface area contributed by atoms with Gasteiger partial charge in [0.2, 0.25) is 11.7 Å². The molecule has 4 aliphatic rings. The van der Waals surface area contributed by atoms with Gasteiger partial charge in [-0.2, -0.15) is 0 Å². The molecule has 0 aliphatic heterocycles. The van der Waals surface area contributed by atoms with Gasteiger partial charge >= 0.3 is 0 Å². The number of carbonyl (C=O) groups excluding carboxylic acids is 3. The molecule has 4 aliphatic carbocycles. The zero-order valence-corrected chi connectivity index (χ0v) is 15.4. The predicted molar refractivity (Wildman–Crippen MR) is 94.4 cm³/mol. The molecule has 4 nitrogen and oxygen atoms in total. The first kappa shape index (κ1) is 16.7. The maximum atomic E-state index is 12.5. The molecular weight excluding hydrogens is 314 g/mol. The molecule has 0 radical (unpaired) electrons. The highest BCUT2D eigenvalue weighted by Gasteiger charge is 2.59. The van der Waals surface area contributed by atoms with Crippen LogP contribution in [-0.4, -0.2) is 17.5 Å². The van der Waals surface area contributed by atoms with Crippen molar-refractivity contribution in [2.24, 2.45) is 28.6 Å². The molecule has 0 spiro atoms. The molecule has 0 unspecified atom stereocenters. The number of fused-ring (bicyclic) bond motifs is 5. The van der Waals surface area contributed by atoms with Crippen LogP contribution in [0.15, 0.2) is 23.4 Å². The standard InChI is InChI=1S/C21H27NO3/c1-12(23)22-19-16-5-4-13-14-6-7-18(25)21(14,3)10-8-15(13)20(16,2)11-9-17(19)24/h9,11,13-15H,4-8,10H2,1-3H3,(H,22,23)/t13-,14-,15-,20+,21-/m0/s1. The average molecular weight is 341 g/mol.